The number of alkyl halides is 3. The number of H-pyrrole nitrogens is 1. The van der Waals surface area contributed by atoms with Crippen molar-refractivity contribution in [3.8, 4) is 0 Å². The molecule has 2 N–H and O–H groups in total. The second kappa shape index (κ2) is 7.86. The quantitative estimate of drug-likeness (QED) is 0.667. The van der Waals surface area contributed by atoms with Gasteiger partial charge in [-0.05, 0) is 29.0 Å². The van der Waals surface area contributed by atoms with Crippen molar-refractivity contribution >= 4 is 22.6 Å². The van der Waals surface area contributed by atoms with Gasteiger partial charge in [0.25, 0.3) is 17.4 Å². The second-order valence-corrected chi connectivity index (χ2v) is 7.19. The molecule has 160 valence electrons. The van der Waals surface area contributed by atoms with Crippen molar-refractivity contribution in [2.45, 2.75) is 19.1 Å². The number of fused-ring (bicyclic) bond motifs is 2. The Balaban J connectivity index is 1.57. The molecule has 0 fully saturated rings. The van der Waals surface area contributed by atoms with Gasteiger partial charge in [0, 0.05) is 30.9 Å². The Morgan fingerprint density at radius 2 is 1.94 bits per heavy atom. The number of aromatic nitrogens is 2. The number of aromatic amines is 1. The number of nitrogens with one attached hydrogen (secondary N) is 2. The summed E-state index contributed by atoms with van der Waals surface area (Å²) in [5.74, 6) is -1.41. The van der Waals surface area contributed by atoms with Crippen LogP contribution in [0.1, 0.15) is 32.0 Å². The molecule has 3 heterocycles. The lowest BCUT2D eigenvalue weighted by Crippen LogP contribution is -2.41. The van der Waals surface area contributed by atoms with Gasteiger partial charge in [-0.25, -0.2) is 0 Å². The zero-order valence-electron chi connectivity index (χ0n) is 16.1. The summed E-state index contributed by atoms with van der Waals surface area (Å²) in [4.78, 5) is 45.4. The maximum atomic E-state index is 12.9. The maximum absolute atomic E-state index is 12.9. The molecule has 1 aromatic carbocycles. The largest absolute Gasteiger partial charge is 0.405 e. The Hall–Kier alpha value is -3.69. The number of carbonyl (C=O) groups excluding carboxylic acids is 2. The van der Waals surface area contributed by atoms with Crippen LogP contribution in [-0.4, -0.2) is 45.9 Å². The summed E-state index contributed by atoms with van der Waals surface area (Å²) in [7, 11) is 0. The average Bonchev–Trinajstić information content (AvgIpc) is 2.75. The predicted molar refractivity (Wildman–Crippen MR) is 106 cm³/mol. The summed E-state index contributed by atoms with van der Waals surface area (Å²) < 4.78 is 37.3. The first-order valence-corrected chi connectivity index (χ1v) is 9.45. The predicted octanol–water partition coefficient (Wildman–Crippen LogP) is 2.41. The van der Waals surface area contributed by atoms with Crippen LogP contribution in [0.2, 0.25) is 0 Å². The van der Waals surface area contributed by atoms with Gasteiger partial charge in [0.1, 0.15) is 17.8 Å². The lowest BCUT2D eigenvalue weighted by atomic mass is 9.96. The van der Waals surface area contributed by atoms with E-state index in [4.69, 9.17) is 0 Å². The van der Waals surface area contributed by atoms with Crippen LogP contribution in [0.4, 0.5) is 13.2 Å². The summed E-state index contributed by atoms with van der Waals surface area (Å²) in [5, 5.41) is 3.50. The van der Waals surface area contributed by atoms with Crippen LogP contribution in [0, 0.1) is 0 Å². The van der Waals surface area contributed by atoms with E-state index in [1.54, 1.807) is 17.6 Å². The number of hydrogen-bond acceptors (Lipinski definition) is 4. The Morgan fingerprint density at radius 1 is 1.19 bits per heavy atom. The number of rotatable bonds is 3. The topological polar surface area (TPSA) is 95.2 Å². The van der Waals surface area contributed by atoms with E-state index in [9.17, 15) is 27.6 Å². The van der Waals surface area contributed by atoms with E-state index in [-0.39, 0.29) is 36.7 Å². The van der Waals surface area contributed by atoms with Gasteiger partial charge in [0.05, 0.1) is 0 Å². The Bertz CT molecular complexity index is 1240. The van der Waals surface area contributed by atoms with Crippen LogP contribution < -0.4 is 10.9 Å². The van der Waals surface area contributed by atoms with E-state index in [0.29, 0.717) is 11.1 Å². The first kappa shape index (κ1) is 20.6. The molecule has 31 heavy (non-hydrogen) atoms. The third kappa shape index (κ3) is 4.27. The van der Waals surface area contributed by atoms with Gasteiger partial charge in [-0.1, -0.05) is 24.3 Å². The van der Waals surface area contributed by atoms with Gasteiger partial charge in [-0.2, -0.15) is 13.2 Å². The van der Waals surface area contributed by atoms with E-state index in [1.807, 2.05) is 24.3 Å². The van der Waals surface area contributed by atoms with Crippen molar-refractivity contribution in [1.29, 1.82) is 0 Å². The van der Waals surface area contributed by atoms with Gasteiger partial charge < -0.3 is 15.2 Å². The molecule has 0 spiro atoms. The second-order valence-electron chi connectivity index (χ2n) is 7.19. The molecule has 4 rings (SSSR count). The molecular weight excluding hydrogens is 413 g/mol. The molecule has 0 saturated heterocycles. The summed E-state index contributed by atoms with van der Waals surface area (Å²) in [6, 6.07) is 9.17. The van der Waals surface area contributed by atoms with Crippen molar-refractivity contribution in [2.75, 3.05) is 13.1 Å². The molecule has 3 aromatic rings. The molecule has 0 aliphatic carbocycles. The minimum Gasteiger partial charge on any atom is -0.343 e. The van der Waals surface area contributed by atoms with E-state index < -0.39 is 24.2 Å². The molecule has 0 unspecified atom stereocenters. The smallest absolute Gasteiger partial charge is 0.343 e. The zero-order valence-corrected chi connectivity index (χ0v) is 16.1. The van der Waals surface area contributed by atoms with E-state index in [1.165, 1.54) is 11.1 Å². The molecule has 7 nitrogen and oxygen atoms in total. The fourth-order valence-electron chi connectivity index (χ4n) is 3.61. The first-order valence-electron chi connectivity index (χ1n) is 9.45. The van der Waals surface area contributed by atoms with Crippen LogP contribution >= 0.6 is 0 Å². The molecule has 1 aliphatic rings. The lowest BCUT2D eigenvalue weighted by Gasteiger charge is -2.29. The highest BCUT2D eigenvalue weighted by molar-refractivity contribution is 5.97. The number of carbonyl (C=O) groups is 2. The third-order valence-corrected chi connectivity index (χ3v) is 5.10. The fourth-order valence-corrected chi connectivity index (χ4v) is 3.61. The van der Waals surface area contributed by atoms with E-state index in [2.05, 4.69) is 9.97 Å². The van der Waals surface area contributed by atoms with Crippen molar-refractivity contribution < 1.29 is 22.8 Å². The van der Waals surface area contributed by atoms with Crippen LogP contribution in [0.25, 0.3) is 10.8 Å². The Labute approximate surface area is 173 Å². The summed E-state index contributed by atoms with van der Waals surface area (Å²) in [5.41, 5.74) is -0.0158. The van der Waals surface area contributed by atoms with Gasteiger partial charge >= 0.3 is 6.18 Å². The monoisotopic (exact) mass is 430 g/mol. The molecule has 2 amide bonds. The van der Waals surface area contributed by atoms with Gasteiger partial charge in [0.2, 0.25) is 0 Å². The molecule has 10 heteroatoms. The SMILES string of the molecule is O=C(NCC(F)(F)F)c1c2c(c[nH]c1=O)CN(C(=O)c1cc3ccccc3cn1)CC2. The van der Waals surface area contributed by atoms with Crippen molar-refractivity contribution in [3.63, 3.8) is 0 Å². The van der Waals surface area contributed by atoms with Crippen molar-refractivity contribution in [3.05, 3.63) is 75.5 Å². The van der Waals surface area contributed by atoms with Crippen LogP contribution in [0.15, 0.2) is 47.5 Å². The molecule has 0 bridgehead atoms. The zero-order chi connectivity index (χ0) is 22.2. The minimum atomic E-state index is -4.59. The molecule has 0 atom stereocenters. The number of pyridine rings is 2. The maximum Gasteiger partial charge on any atom is 0.405 e. The highest BCUT2D eigenvalue weighted by Gasteiger charge is 2.31. The molecule has 2 aromatic heterocycles. The Morgan fingerprint density at radius 3 is 2.68 bits per heavy atom. The molecule has 1 aliphatic heterocycles. The number of halogens is 3. The first-order chi connectivity index (χ1) is 14.7. The van der Waals surface area contributed by atoms with E-state index >= 15 is 0 Å². The lowest BCUT2D eigenvalue weighted by molar-refractivity contribution is -0.123. The van der Waals surface area contributed by atoms with Gasteiger partial charge in [0.15, 0.2) is 0 Å². The van der Waals surface area contributed by atoms with Crippen LogP contribution in [0.3, 0.4) is 0 Å². The summed E-state index contributed by atoms with van der Waals surface area (Å²) >= 11 is 0. The number of hydrogen-bond donors (Lipinski definition) is 2. The highest BCUT2D eigenvalue weighted by Crippen LogP contribution is 2.22. The van der Waals surface area contributed by atoms with Crippen molar-refractivity contribution in [1.82, 2.24) is 20.2 Å². The number of benzene rings is 1. The average molecular weight is 430 g/mol. The van der Waals surface area contributed by atoms with Crippen molar-refractivity contribution in [2.24, 2.45) is 0 Å². The minimum absolute atomic E-state index is 0.0962. The molecular formula is C21H17F3N4O3. The number of nitrogens with zero attached hydrogens (tertiary/aromatic N) is 2. The molecule has 0 saturated carbocycles. The van der Waals surface area contributed by atoms with Crippen LogP contribution in [0.5, 0.6) is 0 Å². The number of amides is 2. The molecule has 0 radical (unpaired) electrons. The normalized spacial score (nSPS) is 13.7. The summed E-state index contributed by atoms with van der Waals surface area (Å²) in [6.07, 6.45) is -1.44. The fraction of sp³-hybridized carbons (Fsp3) is 0.238. The standard InChI is InChI=1S/C21H17F3N4O3/c22-21(23,24)11-27-19(30)17-15-5-6-28(10-14(15)9-26-18(17)29)20(31)16-7-12-3-1-2-4-13(12)8-25-16/h1-4,7-9H,5-6,10-11H2,(H,26,29)(H,27,30). The van der Waals surface area contributed by atoms with Gasteiger partial charge in [-0.3, -0.25) is 19.4 Å². The Kier molecular flexibility index (Phi) is 5.22. The van der Waals surface area contributed by atoms with E-state index in [0.717, 1.165) is 10.8 Å². The highest BCUT2D eigenvalue weighted by atomic mass is 19.4. The third-order valence-electron chi connectivity index (χ3n) is 5.10. The van der Waals surface area contributed by atoms with Gasteiger partial charge in [-0.15, -0.1) is 0 Å². The van der Waals surface area contributed by atoms with Crippen LogP contribution in [-0.2, 0) is 13.0 Å². The summed E-state index contributed by atoms with van der Waals surface area (Å²) in [6.45, 7) is -1.24.